The number of ether oxygens (including phenoxy) is 2. The zero-order chi connectivity index (χ0) is 19.1. The number of para-hydroxylation sites is 1. The van der Waals surface area contributed by atoms with E-state index >= 15 is 0 Å². The Bertz CT molecular complexity index is 1030. The Hall–Kier alpha value is -2.15. The topological polar surface area (TPSA) is 43.7 Å². The summed E-state index contributed by atoms with van der Waals surface area (Å²) in [6.07, 6.45) is 0.879. The van der Waals surface area contributed by atoms with Gasteiger partial charge in [0.15, 0.2) is 5.78 Å². The number of rotatable bonds is 5. The lowest BCUT2D eigenvalue weighted by Crippen LogP contribution is -2.38. The lowest BCUT2D eigenvalue weighted by atomic mass is 9.98. The van der Waals surface area contributed by atoms with Crippen LogP contribution in [0.5, 0.6) is 5.75 Å². The summed E-state index contributed by atoms with van der Waals surface area (Å²) in [5, 5.41) is 3.14. The fraction of sp³-hybridized carbons (Fsp3) is 0.409. The molecule has 1 aromatic carbocycles. The molecule has 0 unspecified atom stereocenters. The Kier molecular flexibility index (Phi) is 4.70. The number of carbonyl (C=O) groups excluding carboxylic acids is 1. The number of hydrogen-bond acceptors (Lipinski definition) is 5. The zero-order valence-corrected chi connectivity index (χ0v) is 16.9. The van der Waals surface area contributed by atoms with E-state index in [1.165, 1.54) is 4.83 Å². The predicted molar refractivity (Wildman–Crippen MR) is 111 cm³/mol. The van der Waals surface area contributed by atoms with E-state index in [1.54, 1.807) is 11.3 Å². The van der Waals surface area contributed by atoms with Crippen LogP contribution in [0.2, 0.25) is 0 Å². The van der Waals surface area contributed by atoms with Gasteiger partial charge in [0, 0.05) is 43.7 Å². The van der Waals surface area contributed by atoms with Gasteiger partial charge in [0.05, 0.1) is 30.9 Å². The number of benzene rings is 1. The SMILES string of the molecule is Cc1c(C(=O)c2cccc3c2OCC3)c2ccsc2n1CCN1CCOCC1. The third-order valence-electron chi connectivity index (χ3n) is 5.86. The van der Waals surface area contributed by atoms with Gasteiger partial charge < -0.3 is 14.0 Å². The molecule has 0 atom stereocenters. The molecule has 0 aliphatic carbocycles. The molecule has 4 heterocycles. The second-order valence-electron chi connectivity index (χ2n) is 7.43. The maximum atomic E-state index is 13.5. The molecule has 0 spiro atoms. The molecule has 3 aromatic rings. The molecule has 0 radical (unpaired) electrons. The van der Waals surface area contributed by atoms with Crippen molar-refractivity contribution in [2.75, 3.05) is 39.5 Å². The van der Waals surface area contributed by atoms with Crippen molar-refractivity contribution < 1.29 is 14.3 Å². The van der Waals surface area contributed by atoms with E-state index in [0.29, 0.717) is 12.2 Å². The van der Waals surface area contributed by atoms with Gasteiger partial charge in [-0.2, -0.15) is 0 Å². The second-order valence-corrected chi connectivity index (χ2v) is 8.32. The highest BCUT2D eigenvalue weighted by molar-refractivity contribution is 7.16. The number of morpholine rings is 1. The van der Waals surface area contributed by atoms with Crippen molar-refractivity contribution in [1.82, 2.24) is 9.47 Å². The van der Waals surface area contributed by atoms with Gasteiger partial charge in [-0.1, -0.05) is 12.1 Å². The summed E-state index contributed by atoms with van der Waals surface area (Å²) in [5.41, 5.74) is 3.70. The van der Waals surface area contributed by atoms with Gasteiger partial charge in [-0.05, 0) is 30.0 Å². The Labute approximate surface area is 168 Å². The standard InChI is InChI=1S/C22H24N2O3S/c1-15-19(20(25)18-4-2-3-16-5-11-27-21(16)18)17-6-14-28-22(17)24(15)8-7-23-9-12-26-13-10-23/h2-4,6,14H,5,7-13H2,1H3. The average molecular weight is 397 g/mol. The molecule has 0 N–H and O–H groups in total. The van der Waals surface area contributed by atoms with Crippen molar-refractivity contribution in [2.45, 2.75) is 19.9 Å². The fourth-order valence-electron chi connectivity index (χ4n) is 4.33. The van der Waals surface area contributed by atoms with Crippen LogP contribution in [-0.4, -0.2) is 54.7 Å². The van der Waals surface area contributed by atoms with Crippen LogP contribution in [0.25, 0.3) is 10.2 Å². The Balaban J connectivity index is 1.50. The van der Waals surface area contributed by atoms with Crippen LogP contribution in [0.3, 0.4) is 0 Å². The number of carbonyl (C=O) groups is 1. The summed E-state index contributed by atoms with van der Waals surface area (Å²) < 4.78 is 13.6. The van der Waals surface area contributed by atoms with E-state index < -0.39 is 0 Å². The highest BCUT2D eigenvalue weighted by Gasteiger charge is 2.27. The number of thiophene rings is 1. The fourth-order valence-corrected chi connectivity index (χ4v) is 5.32. The number of ketones is 1. The molecule has 146 valence electrons. The van der Waals surface area contributed by atoms with Crippen LogP contribution < -0.4 is 4.74 Å². The summed E-state index contributed by atoms with van der Waals surface area (Å²) in [6.45, 7) is 8.17. The third kappa shape index (κ3) is 2.96. The van der Waals surface area contributed by atoms with Crippen molar-refractivity contribution in [1.29, 1.82) is 0 Å². The molecular formula is C22H24N2O3S. The minimum atomic E-state index is 0.0739. The summed E-state index contributed by atoms with van der Waals surface area (Å²) in [5.74, 6) is 0.848. The molecule has 1 saturated heterocycles. The molecule has 2 aromatic heterocycles. The van der Waals surface area contributed by atoms with E-state index in [4.69, 9.17) is 9.47 Å². The minimum absolute atomic E-state index is 0.0739. The average Bonchev–Trinajstić information content (AvgIpc) is 3.43. The molecule has 2 aliphatic heterocycles. The summed E-state index contributed by atoms with van der Waals surface area (Å²) in [7, 11) is 0. The lowest BCUT2D eigenvalue weighted by Gasteiger charge is -2.26. The minimum Gasteiger partial charge on any atom is -0.492 e. The second kappa shape index (κ2) is 7.35. The first kappa shape index (κ1) is 17.9. The third-order valence-corrected chi connectivity index (χ3v) is 6.79. The van der Waals surface area contributed by atoms with Gasteiger partial charge in [0.25, 0.3) is 0 Å². The predicted octanol–water partition coefficient (Wildman–Crippen LogP) is 3.51. The first-order chi connectivity index (χ1) is 13.7. The number of aromatic nitrogens is 1. The van der Waals surface area contributed by atoms with Crippen molar-refractivity contribution in [3.63, 3.8) is 0 Å². The number of nitrogens with zero attached hydrogens (tertiary/aromatic N) is 2. The lowest BCUT2D eigenvalue weighted by molar-refractivity contribution is 0.0365. The molecule has 0 saturated carbocycles. The van der Waals surface area contributed by atoms with Crippen LogP contribution >= 0.6 is 11.3 Å². The smallest absolute Gasteiger partial charge is 0.199 e. The van der Waals surface area contributed by atoms with Crippen LogP contribution in [-0.2, 0) is 17.7 Å². The molecule has 0 bridgehead atoms. The molecule has 1 fully saturated rings. The van der Waals surface area contributed by atoms with Gasteiger partial charge in [-0.3, -0.25) is 9.69 Å². The van der Waals surface area contributed by atoms with Crippen LogP contribution in [0.4, 0.5) is 0 Å². The van der Waals surface area contributed by atoms with Crippen molar-refractivity contribution in [3.05, 3.63) is 52.0 Å². The zero-order valence-electron chi connectivity index (χ0n) is 16.1. The Morgan fingerprint density at radius 2 is 2.00 bits per heavy atom. The van der Waals surface area contributed by atoms with Crippen molar-refractivity contribution in [2.24, 2.45) is 0 Å². The monoisotopic (exact) mass is 396 g/mol. The largest absolute Gasteiger partial charge is 0.492 e. The van der Waals surface area contributed by atoms with Gasteiger partial charge >= 0.3 is 0 Å². The van der Waals surface area contributed by atoms with Gasteiger partial charge in [-0.25, -0.2) is 0 Å². The molecule has 2 aliphatic rings. The van der Waals surface area contributed by atoms with E-state index in [1.807, 2.05) is 12.1 Å². The highest BCUT2D eigenvalue weighted by Crippen LogP contribution is 2.36. The summed E-state index contributed by atoms with van der Waals surface area (Å²) >= 11 is 1.71. The molecular weight excluding hydrogens is 372 g/mol. The first-order valence-corrected chi connectivity index (χ1v) is 10.8. The van der Waals surface area contributed by atoms with Crippen LogP contribution in [0, 0.1) is 6.92 Å². The van der Waals surface area contributed by atoms with Crippen molar-refractivity contribution in [3.8, 4) is 5.75 Å². The summed E-state index contributed by atoms with van der Waals surface area (Å²) in [6, 6.07) is 8.00. The maximum Gasteiger partial charge on any atom is 0.199 e. The molecule has 6 heteroatoms. The Morgan fingerprint density at radius 3 is 2.86 bits per heavy atom. The quantitative estimate of drug-likeness (QED) is 0.619. The summed E-state index contributed by atoms with van der Waals surface area (Å²) in [4.78, 5) is 17.2. The normalized spacial score (nSPS) is 17.0. The molecule has 0 amide bonds. The molecule has 5 rings (SSSR count). The van der Waals surface area contributed by atoms with E-state index in [9.17, 15) is 4.79 Å². The highest BCUT2D eigenvalue weighted by atomic mass is 32.1. The van der Waals surface area contributed by atoms with Crippen LogP contribution in [0.15, 0.2) is 29.6 Å². The van der Waals surface area contributed by atoms with Gasteiger partial charge in [-0.15, -0.1) is 11.3 Å². The maximum absolute atomic E-state index is 13.5. The van der Waals surface area contributed by atoms with Crippen molar-refractivity contribution >= 4 is 27.3 Å². The Morgan fingerprint density at radius 1 is 1.14 bits per heavy atom. The number of hydrogen-bond donors (Lipinski definition) is 0. The van der Waals surface area contributed by atoms with Crippen LogP contribution in [0.1, 0.15) is 27.2 Å². The van der Waals surface area contributed by atoms with Gasteiger partial charge in [0.1, 0.15) is 10.6 Å². The van der Waals surface area contributed by atoms with E-state index in [0.717, 1.165) is 73.8 Å². The van der Waals surface area contributed by atoms with E-state index in [-0.39, 0.29) is 5.78 Å². The molecule has 5 nitrogen and oxygen atoms in total. The molecule has 28 heavy (non-hydrogen) atoms. The van der Waals surface area contributed by atoms with E-state index in [2.05, 4.69) is 33.9 Å². The first-order valence-electron chi connectivity index (χ1n) is 9.90. The number of fused-ring (bicyclic) bond motifs is 2. The van der Waals surface area contributed by atoms with Gasteiger partial charge in [0.2, 0.25) is 0 Å².